The number of carbonyl (C=O) groups is 1. The second-order valence-electron chi connectivity index (χ2n) is 4.27. The smallest absolute Gasteiger partial charge is 0.220 e. The van der Waals surface area contributed by atoms with Crippen LogP contribution in [0.4, 0.5) is 0 Å². The summed E-state index contributed by atoms with van der Waals surface area (Å²) in [5.41, 5.74) is 0. The number of amides is 1. The molecule has 1 fully saturated rings. The standard InChI is InChI=1S/C11H20ClNO2/c12-7-1-2-11(15)13-8-9-3-5-10(14)6-4-9/h9-10,14H,1-8H2,(H,13,15). The molecule has 15 heavy (non-hydrogen) atoms. The van der Waals surface area contributed by atoms with Gasteiger partial charge in [-0.25, -0.2) is 0 Å². The summed E-state index contributed by atoms with van der Waals surface area (Å²) in [4.78, 5) is 11.3. The normalized spacial score (nSPS) is 26.3. The van der Waals surface area contributed by atoms with E-state index in [1.807, 2.05) is 0 Å². The van der Waals surface area contributed by atoms with Crippen LogP contribution in [0.25, 0.3) is 0 Å². The summed E-state index contributed by atoms with van der Waals surface area (Å²) in [5.74, 6) is 1.19. The maximum atomic E-state index is 11.3. The van der Waals surface area contributed by atoms with Gasteiger partial charge in [0.25, 0.3) is 0 Å². The fourth-order valence-electron chi connectivity index (χ4n) is 1.92. The van der Waals surface area contributed by atoms with Crippen molar-refractivity contribution in [1.82, 2.24) is 5.32 Å². The van der Waals surface area contributed by atoms with Crippen molar-refractivity contribution in [2.75, 3.05) is 12.4 Å². The molecule has 2 N–H and O–H groups in total. The molecule has 0 unspecified atom stereocenters. The second-order valence-corrected chi connectivity index (χ2v) is 4.65. The van der Waals surface area contributed by atoms with Crippen LogP contribution in [0.5, 0.6) is 0 Å². The van der Waals surface area contributed by atoms with Gasteiger partial charge in [0.05, 0.1) is 6.10 Å². The van der Waals surface area contributed by atoms with Crippen LogP contribution >= 0.6 is 11.6 Å². The second kappa shape index (κ2) is 7.07. The molecule has 4 heteroatoms. The number of aliphatic hydroxyl groups excluding tert-OH is 1. The van der Waals surface area contributed by atoms with Crippen LogP contribution in [0.2, 0.25) is 0 Å². The lowest BCUT2D eigenvalue weighted by atomic mass is 9.87. The van der Waals surface area contributed by atoms with Crippen molar-refractivity contribution in [3.63, 3.8) is 0 Å². The van der Waals surface area contributed by atoms with E-state index in [-0.39, 0.29) is 12.0 Å². The zero-order chi connectivity index (χ0) is 11.1. The van der Waals surface area contributed by atoms with E-state index in [0.717, 1.165) is 38.6 Å². The lowest BCUT2D eigenvalue weighted by molar-refractivity contribution is -0.121. The van der Waals surface area contributed by atoms with Crippen molar-refractivity contribution in [3.8, 4) is 0 Å². The first-order chi connectivity index (χ1) is 7.22. The van der Waals surface area contributed by atoms with Crippen LogP contribution < -0.4 is 5.32 Å². The van der Waals surface area contributed by atoms with Gasteiger partial charge in [0.2, 0.25) is 5.91 Å². The minimum Gasteiger partial charge on any atom is -0.393 e. The van der Waals surface area contributed by atoms with E-state index < -0.39 is 0 Å². The van der Waals surface area contributed by atoms with Crippen LogP contribution in [-0.2, 0) is 4.79 Å². The third-order valence-corrected chi connectivity index (χ3v) is 3.21. The third kappa shape index (κ3) is 5.38. The Kier molecular flexibility index (Phi) is 6.03. The summed E-state index contributed by atoms with van der Waals surface area (Å²) in [6, 6.07) is 0. The highest BCUT2D eigenvalue weighted by Gasteiger charge is 2.19. The number of halogens is 1. The summed E-state index contributed by atoms with van der Waals surface area (Å²) >= 11 is 5.50. The fourth-order valence-corrected chi connectivity index (χ4v) is 2.06. The van der Waals surface area contributed by atoms with E-state index in [0.29, 0.717) is 18.2 Å². The van der Waals surface area contributed by atoms with Crippen LogP contribution in [0.1, 0.15) is 38.5 Å². The highest BCUT2D eigenvalue weighted by molar-refractivity contribution is 6.17. The molecule has 0 heterocycles. The molecular weight excluding hydrogens is 214 g/mol. The number of hydrogen-bond donors (Lipinski definition) is 2. The molecule has 0 aromatic heterocycles. The molecule has 0 atom stereocenters. The van der Waals surface area contributed by atoms with Gasteiger partial charge in [-0.3, -0.25) is 4.79 Å². The lowest BCUT2D eigenvalue weighted by Crippen LogP contribution is -2.32. The predicted molar refractivity (Wildman–Crippen MR) is 60.9 cm³/mol. The molecule has 0 aromatic carbocycles. The molecule has 1 amide bonds. The molecule has 1 saturated carbocycles. The van der Waals surface area contributed by atoms with Crippen molar-refractivity contribution in [3.05, 3.63) is 0 Å². The van der Waals surface area contributed by atoms with E-state index in [1.165, 1.54) is 0 Å². The average molecular weight is 234 g/mol. The first-order valence-corrected chi connectivity index (χ1v) is 6.26. The van der Waals surface area contributed by atoms with E-state index in [9.17, 15) is 9.90 Å². The summed E-state index contributed by atoms with van der Waals surface area (Å²) in [6.07, 6.45) is 4.96. The first kappa shape index (κ1) is 12.8. The quantitative estimate of drug-likeness (QED) is 0.710. The minimum absolute atomic E-state index is 0.0989. The Morgan fingerprint density at radius 3 is 2.60 bits per heavy atom. The highest BCUT2D eigenvalue weighted by atomic mass is 35.5. The van der Waals surface area contributed by atoms with Crippen LogP contribution in [0, 0.1) is 5.92 Å². The Morgan fingerprint density at radius 2 is 2.00 bits per heavy atom. The lowest BCUT2D eigenvalue weighted by Gasteiger charge is -2.25. The van der Waals surface area contributed by atoms with Gasteiger partial charge < -0.3 is 10.4 Å². The van der Waals surface area contributed by atoms with Gasteiger partial charge in [0.1, 0.15) is 0 Å². The number of aliphatic hydroxyl groups is 1. The van der Waals surface area contributed by atoms with Gasteiger partial charge in [-0.15, -0.1) is 11.6 Å². The van der Waals surface area contributed by atoms with Gasteiger partial charge in [0.15, 0.2) is 0 Å². The molecule has 0 aliphatic heterocycles. The van der Waals surface area contributed by atoms with Gasteiger partial charge in [-0.2, -0.15) is 0 Å². The molecule has 0 bridgehead atoms. The van der Waals surface area contributed by atoms with E-state index in [2.05, 4.69) is 5.32 Å². The molecule has 3 nitrogen and oxygen atoms in total. The Hall–Kier alpha value is -0.280. The molecule has 0 spiro atoms. The molecule has 0 saturated heterocycles. The van der Waals surface area contributed by atoms with Gasteiger partial charge in [-0.1, -0.05) is 0 Å². The third-order valence-electron chi connectivity index (χ3n) is 2.94. The largest absolute Gasteiger partial charge is 0.393 e. The van der Waals surface area contributed by atoms with E-state index in [4.69, 9.17) is 11.6 Å². The summed E-state index contributed by atoms with van der Waals surface area (Å²) in [5, 5.41) is 12.2. The fraction of sp³-hybridized carbons (Fsp3) is 0.909. The topological polar surface area (TPSA) is 49.3 Å². The van der Waals surface area contributed by atoms with Crippen LogP contribution in [0.3, 0.4) is 0 Å². The van der Waals surface area contributed by atoms with Crippen molar-refractivity contribution >= 4 is 17.5 Å². The number of rotatable bonds is 5. The van der Waals surface area contributed by atoms with Gasteiger partial charge >= 0.3 is 0 Å². The number of nitrogens with one attached hydrogen (secondary N) is 1. The predicted octanol–water partition coefficient (Wildman–Crippen LogP) is 1.67. The van der Waals surface area contributed by atoms with Crippen molar-refractivity contribution in [2.24, 2.45) is 5.92 Å². The Morgan fingerprint density at radius 1 is 1.33 bits per heavy atom. The Labute approximate surface area is 96.2 Å². The molecule has 0 aromatic rings. The van der Waals surface area contributed by atoms with E-state index in [1.54, 1.807) is 0 Å². The van der Waals surface area contributed by atoms with Crippen LogP contribution in [0.15, 0.2) is 0 Å². The van der Waals surface area contributed by atoms with Crippen LogP contribution in [-0.4, -0.2) is 29.5 Å². The van der Waals surface area contributed by atoms with Gasteiger partial charge in [-0.05, 0) is 38.0 Å². The molecule has 0 radical (unpaired) electrons. The number of carbonyl (C=O) groups excluding carboxylic acids is 1. The number of hydrogen-bond acceptors (Lipinski definition) is 2. The average Bonchev–Trinajstić information content (AvgIpc) is 2.25. The molecule has 1 aliphatic carbocycles. The summed E-state index contributed by atoms with van der Waals surface area (Å²) < 4.78 is 0. The maximum absolute atomic E-state index is 11.3. The highest BCUT2D eigenvalue weighted by Crippen LogP contribution is 2.23. The van der Waals surface area contributed by atoms with Crippen molar-refractivity contribution in [2.45, 2.75) is 44.6 Å². The summed E-state index contributed by atoms with van der Waals surface area (Å²) in [6.45, 7) is 0.758. The van der Waals surface area contributed by atoms with E-state index >= 15 is 0 Å². The Bertz CT molecular complexity index is 191. The van der Waals surface area contributed by atoms with Crippen molar-refractivity contribution in [1.29, 1.82) is 0 Å². The Balaban J connectivity index is 2.06. The molecule has 88 valence electrons. The number of alkyl halides is 1. The first-order valence-electron chi connectivity index (χ1n) is 5.73. The van der Waals surface area contributed by atoms with Crippen molar-refractivity contribution < 1.29 is 9.90 Å². The molecular formula is C11H20ClNO2. The minimum atomic E-state index is -0.117. The molecule has 1 rings (SSSR count). The zero-order valence-corrected chi connectivity index (χ0v) is 9.80. The van der Waals surface area contributed by atoms with Gasteiger partial charge in [0, 0.05) is 18.8 Å². The SMILES string of the molecule is O=C(CCCCl)NCC1CCC(O)CC1. The monoisotopic (exact) mass is 233 g/mol. The molecule has 1 aliphatic rings. The summed E-state index contributed by atoms with van der Waals surface area (Å²) in [7, 11) is 0. The zero-order valence-electron chi connectivity index (χ0n) is 9.04. The maximum Gasteiger partial charge on any atom is 0.220 e.